The predicted octanol–water partition coefficient (Wildman–Crippen LogP) is 3.18. The van der Waals surface area contributed by atoms with E-state index in [0.717, 1.165) is 25.0 Å². The summed E-state index contributed by atoms with van der Waals surface area (Å²) in [4.78, 5) is 25.8. The number of nitrogens with one attached hydrogen (secondary N) is 1. The Morgan fingerprint density at radius 2 is 1.96 bits per heavy atom. The molecular formula is C21H40N2O4S. The van der Waals surface area contributed by atoms with Gasteiger partial charge in [0, 0.05) is 25.9 Å². The van der Waals surface area contributed by atoms with Crippen LogP contribution in [0.5, 0.6) is 0 Å². The Hall–Kier alpha value is -0.790. The number of ether oxygens (including phenoxy) is 1. The van der Waals surface area contributed by atoms with E-state index in [4.69, 9.17) is 4.74 Å². The highest BCUT2D eigenvalue weighted by Crippen LogP contribution is 2.28. The summed E-state index contributed by atoms with van der Waals surface area (Å²) < 4.78 is 5.92. The molecule has 0 bridgehead atoms. The van der Waals surface area contributed by atoms with Gasteiger partial charge in [0.1, 0.15) is 6.23 Å². The van der Waals surface area contributed by atoms with Crippen molar-refractivity contribution in [2.45, 2.75) is 90.7 Å². The maximum atomic E-state index is 12.3. The monoisotopic (exact) mass is 416 g/mol. The minimum atomic E-state index is -0.776. The number of thioether (sulfide) groups is 1. The quantitative estimate of drug-likeness (QED) is 0.478. The number of aliphatic hydroxyl groups is 1. The summed E-state index contributed by atoms with van der Waals surface area (Å²) in [5.74, 6) is 0.729. The molecule has 1 rings (SSSR count). The van der Waals surface area contributed by atoms with Crippen LogP contribution >= 0.6 is 11.8 Å². The van der Waals surface area contributed by atoms with Crippen LogP contribution in [0.25, 0.3) is 0 Å². The molecule has 2 amide bonds. The van der Waals surface area contributed by atoms with Crippen LogP contribution in [-0.2, 0) is 14.3 Å². The van der Waals surface area contributed by atoms with Crippen LogP contribution in [-0.4, -0.2) is 64.3 Å². The van der Waals surface area contributed by atoms with Crippen LogP contribution < -0.4 is 5.32 Å². The van der Waals surface area contributed by atoms with Gasteiger partial charge < -0.3 is 20.1 Å². The van der Waals surface area contributed by atoms with E-state index < -0.39 is 6.23 Å². The molecule has 7 heteroatoms. The minimum absolute atomic E-state index is 0.0531. The summed E-state index contributed by atoms with van der Waals surface area (Å²) in [6.07, 6.45) is 2.92. The molecule has 0 radical (unpaired) electrons. The first-order valence-electron chi connectivity index (χ1n) is 10.5. The standard InChI is InChI=1S/C21H40N2O4S/c1-7-14-28-16-15-18(25)23(19(16)26)12-8-17(24)22-11-13-27-21(5,6)10-9-20(2,3)4/h16,18,25H,7-15H2,1-6H3,(H,22,24). The first kappa shape index (κ1) is 25.2. The van der Waals surface area contributed by atoms with Crippen LogP contribution in [0.4, 0.5) is 0 Å². The second-order valence-electron chi connectivity index (χ2n) is 9.38. The highest BCUT2D eigenvalue weighted by molar-refractivity contribution is 8.00. The average molecular weight is 417 g/mol. The van der Waals surface area contributed by atoms with Crippen molar-refractivity contribution in [3.63, 3.8) is 0 Å². The number of carbonyl (C=O) groups excluding carboxylic acids is 2. The molecule has 28 heavy (non-hydrogen) atoms. The number of nitrogens with zero attached hydrogens (tertiary/aromatic N) is 1. The van der Waals surface area contributed by atoms with Gasteiger partial charge in [0.05, 0.1) is 17.5 Å². The van der Waals surface area contributed by atoms with Gasteiger partial charge in [-0.05, 0) is 44.3 Å². The molecule has 6 nitrogen and oxygen atoms in total. The number of hydrogen-bond donors (Lipinski definition) is 2. The van der Waals surface area contributed by atoms with E-state index in [1.165, 1.54) is 4.90 Å². The number of aliphatic hydroxyl groups excluding tert-OH is 1. The van der Waals surface area contributed by atoms with E-state index in [1.807, 2.05) is 0 Å². The maximum absolute atomic E-state index is 12.3. The molecule has 1 saturated heterocycles. The molecule has 0 aromatic rings. The van der Waals surface area contributed by atoms with Gasteiger partial charge in [-0.2, -0.15) is 0 Å². The fourth-order valence-electron chi connectivity index (χ4n) is 2.99. The van der Waals surface area contributed by atoms with Gasteiger partial charge in [-0.3, -0.25) is 9.59 Å². The summed E-state index contributed by atoms with van der Waals surface area (Å²) in [5.41, 5.74) is 0.0652. The van der Waals surface area contributed by atoms with Crippen molar-refractivity contribution in [2.24, 2.45) is 5.41 Å². The Kier molecular flexibility index (Phi) is 10.3. The van der Waals surface area contributed by atoms with Crippen LogP contribution in [0, 0.1) is 5.41 Å². The molecule has 1 aliphatic rings. The highest BCUT2D eigenvalue weighted by atomic mass is 32.2. The summed E-state index contributed by atoms with van der Waals surface area (Å²) in [6, 6.07) is 0. The third kappa shape index (κ3) is 9.61. The van der Waals surface area contributed by atoms with E-state index >= 15 is 0 Å². The third-order valence-electron chi connectivity index (χ3n) is 4.84. The molecule has 1 fully saturated rings. The van der Waals surface area contributed by atoms with Gasteiger partial charge in [-0.15, -0.1) is 11.8 Å². The SMILES string of the molecule is CCCSC1CC(O)N(CCC(=O)NCCOC(C)(C)CCC(C)(C)C)C1=O. The molecule has 164 valence electrons. The number of likely N-dealkylation sites (tertiary alicyclic amines) is 1. The largest absolute Gasteiger partial charge is 0.374 e. The summed E-state index contributed by atoms with van der Waals surface area (Å²) in [6.45, 7) is 14.0. The number of rotatable bonds is 12. The van der Waals surface area contributed by atoms with Crippen molar-refractivity contribution in [3.8, 4) is 0 Å². The molecule has 0 aromatic heterocycles. The van der Waals surface area contributed by atoms with E-state index in [0.29, 0.717) is 19.6 Å². The molecule has 2 N–H and O–H groups in total. The summed E-state index contributed by atoms with van der Waals surface area (Å²) >= 11 is 1.59. The van der Waals surface area contributed by atoms with Crippen molar-refractivity contribution in [3.05, 3.63) is 0 Å². The zero-order valence-corrected chi connectivity index (χ0v) is 19.4. The molecule has 2 atom stereocenters. The Labute approximate surface area is 175 Å². The lowest BCUT2D eigenvalue weighted by Gasteiger charge is -2.29. The lowest BCUT2D eigenvalue weighted by Crippen LogP contribution is -2.38. The van der Waals surface area contributed by atoms with Crippen molar-refractivity contribution in [2.75, 3.05) is 25.4 Å². The van der Waals surface area contributed by atoms with Crippen molar-refractivity contribution in [1.82, 2.24) is 10.2 Å². The molecule has 0 aromatic carbocycles. The van der Waals surface area contributed by atoms with Crippen LogP contribution in [0.3, 0.4) is 0 Å². The first-order chi connectivity index (χ1) is 12.9. The third-order valence-corrected chi connectivity index (χ3v) is 6.28. The van der Waals surface area contributed by atoms with E-state index in [2.05, 4.69) is 46.9 Å². The van der Waals surface area contributed by atoms with Crippen molar-refractivity contribution < 1.29 is 19.4 Å². The zero-order valence-electron chi connectivity index (χ0n) is 18.5. The molecular weight excluding hydrogens is 376 g/mol. The van der Waals surface area contributed by atoms with Crippen molar-refractivity contribution >= 4 is 23.6 Å². The second-order valence-corrected chi connectivity index (χ2v) is 10.7. The van der Waals surface area contributed by atoms with Crippen LogP contribution in [0.1, 0.15) is 73.6 Å². The van der Waals surface area contributed by atoms with E-state index in [-0.39, 0.29) is 41.0 Å². The molecule has 1 aliphatic heterocycles. The second kappa shape index (κ2) is 11.4. The van der Waals surface area contributed by atoms with Gasteiger partial charge in [0.15, 0.2) is 0 Å². The van der Waals surface area contributed by atoms with Crippen LogP contribution in [0.15, 0.2) is 0 Å². The molecule has 2 unspecified atom stereocenters. The summed E-state index contributed by atoms with van der Waals surface area (Å²) in [5, 5.41) is 12.8. The molecule has 0 saturated carbocycles. The Bertz CT molecular complexity index is 505. The lowest BCUT2D eigenvalue weighted by atomic mass is 9.86. The van der Waals surface area contributed by atoms with E-state index in [1.54, 1.807) is 11.8 Å². The van der Waals surface area contributed by atoms with E-state index in [9.17, 15) is 14.7 Å². The smallest absolute Gasteiger partial charge is 0.237 e. The topological polar surface area (TPSA) is 78.9 Å². The zero-order chi connectivity index (χ0) is 21.4. The molecule has 1 heterocycles. The maximum Gasteiger partial charge on any atom is 0.237 e. The van der Waals surface area contributed by atoms with Gasteiger partial charge in [-0.1, -0.05) is 27.7 Å². The number of amides is 2. The fraction of sp³-hybridized carbons (Fsp3) is 0.905. The molecule has 0 aliphatic carbocycles. The first-order valence-corrected chi connectivity index (χ1v) is 11.5. The Morgan fingerprint density at radius 3 is 2.57 bits per heavy atom. The molecule has 0 spiro atoms. The van der Waals surface area contributed by atoms with Gasteiger partial charge in [-0.25, -0.2) is 0 Å². The highest BCUT2D eigenvalue weighted by Gasteiger charge is 2.38. The Morgan fingerprint density at radius 1 is 1.29 bits per heavy atom. The lowest BCUT2D eigenvalue weighted by molar-refractivity contribution is -0.133. The van der Waals surface area contributed by atoms with Gasteiger partial charge in [0.25, 0.3) is 0 Å². The van der Waals surface area contributed by atoms with Crippen molar-refractivity contribution in [1.29, 1.82) is 0 Å². The predicted molar refractivity (Wildman–Crippen MR) is 115 cm³/mol. The van der Waals surface area contributed by atoms with Crippen LogP contribution in [0.2, 0.25) is 0 Å². The fourth-order valence-corrected chi connectivity index (χ4v) is 4.09. The minimum Gasteiger partial charge on any atom is -0.374 e. The average Bonchev–Trinajstić information content (AvgIpc) is 2.86. The van der Waals surface area contributed by atoms with Gasteiger partial charge >= 0.3 is 0 Å². The number of carbonyl (C=O) groups is 2. The van der Waals surface area contributed by atoms with Gasteiger partial charge in [0.2, 0.25) is 11.8 Å². The number of hydrogen-bond acceptors (Lipinski definition) is 5. The summed E-state index contributed by atoms with van der Waals surface area (Å²) in [7, 11) is 0. The Balaban J connectivity index is 2.24. The normalized spacial score (nSPS) is 20.7.